The van der Waals surface area contributed by atoms with Crippen LogP contribution in [0.15, 0.2) is 53.4 Å². The number of hydrogen-bond donors (Lipinski definition) is 1. The fourth-order valence-corrected chi connectivity index (χ4v) is 2.89. The van der Waals surface area contributed by atoms with Crippen LogP contribution >= 0.6 is 23.4 Å². The molecule has 0 heterocycles. The molecule has 0 bridgehead atoms. The van der Waals surface area contributed by atoms with E-state index in [-0.39, 0.29) is 17.9 Å². The number of benzene rings is 2. The van der Waals surface area contributed by atoms with Crippen LogP contribution < -0.4 is 5.32 Å². The van der Waals surface area contributed by atoms with Gasteiger partial charge in [0.1, 0.15) is 11.9 Å². The molecule has 0 saturated heterocycles. The second-order valence-electron chi connectivity index (χ2n) is 4.70. The summed E-state index contributed by atoms with van der Waals surface area (Å²) in [6.45, 7) is 0. The molecule has 1 N–H and O–H groups in total. The van der Waals surface area contributed by atoms with Gasteiger partial charge in [-0.25, -0.2) is 4.39 Å². The van der Waals surface area contributed by atoms with Crippen molar-refractivity contribution >= 4 is 29.3 Å². The van der Waals surface area contributed by atoms with Gasteiger partial charge >= 0.3 is 0 Å². The molecule has 23 heavy (non-hydrogen) atoms. The van der Waals surface area contributed by atoms with Gasteiger partial charge in [0.25, 0.3) is 0 Å². The summed E-state index contributed by atoms with van der Waals surface area (Å²) in [6.07, 6.45) is 0.236. The number of nitrogens with zero attached hydrogens (tertiary/aromatic N) is 1. The Morgan fingerprint density at radius 1 is 1.26 bits per heavy atom. The topological polar surface area (TPSA) is 52.9 Å². The summed E-state index contributed by atoms with van der Waals surface area (Å²) in [5.74, 6) is -0.237. The van der Waals surface area contributed by atoms with Crippen LogP contribution in [0.1, 0.15) is 18.0 Å². The number of carbonyl (C=O) groups excluding carboxylic acids is 1. The standard InChI is InChI=1S/C17H14ClFN2OS/c18-12-5-7-13(8-6-12)23-10-9-17(22)21-16(11-20)14-3-1-2-4-15(14)19/h1-8,16H,9-10H2,(H,21,22). The van der Waals surface area contributed by atoms with Crippen molar-refractivity contribution in [1.82, 2.24) is 5.32 Å². The van der Waals surface area contributed by atoms with E-state index in [1.807, 2.05) is 18.2 Å². The van der Waals surface area contributed by atoms with Gasteiger partial charge in [0, 0.05) is 27.7 Å². The molecule has 0 fully saturated rings. The average molecular weight is 349 g/mol. The zero-order chi connectivity index (χ0) is 16.7. The molecule has 1 unspecified atom stereocenters. The van der Waals surface area contributed by atoms with Crippen LogP contribution in [-0.2, 0) is 4.79 Å². The Bertz CT molecular complexity index is 715. The third kappa shape index (κ3) is 5.27. The molecule has 0 saturated carbocycles. The maximum absolute atomic E-state index is 13.7. The lowest BCUT2D eigenvalue weighted by Gasteiger charge is -2.12. The number of nitriles is 1. The van der Waals surface area contributed by atoms with Gasteiger partial charge in [0.05, 0.1) is 6.07 Å². The second kappa shape index (κ2) is 8.56. The fourth-order valence-electron chi connectivity index (χ4n) is 1.91. The molecule has 2 aromatic rings. The van der Waals surface area contributed by atoms with Crippen molar-refractivity contribution in [2.45, 2.75) is 17.4 Å². The zero-order valence-corrected chi connectivity index (χ0v) is 13.7. The predicted octanol–water partition coefficient (Wildman–Crippen LogP) is 4.34. The highest BCUT2D eigenvalue weighted by molar-refractivity contribution is 7.99. The van der Waals surface area contributed by atoms with E-state index in [4.69, 9.17) is 16.9 Å². The minimum Gasteiger partial charge on any atom is -0.337 e. The molecule has 0 aliphatic carbocycles. The third-order valence-corrected chi connectivity index (χ3v) is 4.33. The van der Waals surface area contributed by atoms with Crippen LogP contribution in [0.4, 0.5) is 4.39 Å². The Balaban J connectivity index is 1.85. The van der Waals surface area contributed by atoms with Crippen molar-refractivity contribution in [2.75, 3.05) is 5.75 Å². The Labute approximate surface area is 143 Å². The molecule has 0 spiro atoms. The van der Waals surface area contributed by atoms with Crippen LogP contribution in [0.25, 0.3) is 0 Å². The number of nitrogens with one attached hydrogen (secondary N) is 1. The summed E-state index contributed by atoms with van der Waals surface area (Å²) in [6, 6.07) is 14.2. The van der Waals surface area contributed by atoms with Crippen molar-refractivity contribution in [3.8, 4) is 6.07 Å². The van der Waals surface area contributed by atoms with E-state index in [0.29, 0.717) is 10.8 Å². The molecule has 0 aliphatic heterocycles. The SMILES string of the molecule is N#CC(NC(=O)CCSc1ccc(Cl)cc1)c1ccccc1F. The minimum absolute atomic E-state index is 0.175. The quantitative estimate of drug-likeness (QED) is 0.790. The number of halogens is 2. The zero-order valence-electron chi connectivity index (χ0n) is 12.1. The smallest absolute Gasteiger partial charge is 0.222 e. The summed E-state index contributed by atoms with van der Waals surface area (Å²) in [7, 11) is 0. The Kier molecular flexibility index (Phi) is 6.45. The monoisotopic (exact) mass is 348 g/mol. The predicted molar refractivity (Wildman–Crippen MR) is 89.7 cm³/mol. The summed E-state index contributed by atoms with van der Waals surface area (Å²) in [5.41, 5.74) is 0.175. The molecule has 118 valence electrons. The lowest BCUT2D eigenvalue weighted by Crippen LogP contribution is -2.28. The van der Waals surface area contributed by atoms with Crippen LogP contribution in [0, 0.1) is 17.1 Å². The van der Waals surface area contributed by atoms with E-state index in [1.54, 1.807) is 18.2 Å². The largest absolute Gasteiger partial charge is 0.337 e. The highest BCUT2D eigenvalue weighted by atomic mass is 35.5. The maximum Gasteiger partial charge on any atom is 0.222 e. The third-order valence-electron chi connectivity index (χ3n) is 3.06. The normalized spacial score (nSPS) is 11.5. The van der Waals surface area contributed by atoms with Crippen LogP contribution in [-0.4, -0.2) is 11.7 Å². The van der Waals surface area contributed by atoms with Gasteiger partial charge in [-0.2, -0.15) is 5.26 Å². The summed E-state index contributed by atoms with van der Waals surface area (Å²) in [4.78, 5) is 12.9. The number of amides is 1. The van der Waals surface area contributed by atoms with Crippen molar-refractivity contribution in [1.29, 1.82) is 5.26 Å². The maximum atomic E-state index is 13.7. The Morgan fingerprint density at radius 2 is 1.96 bits per heavy atom. The Morgan fingerprint density at radius 3 is 2.61 bits per heavy atom. The van der Waals surface area contributed by atoms with Crippen LogP contribution in [0.3, 0.4) is 0 Å². The van der Waals surface area contributed by atoms with Crippen molar-refractivity contribution in [3.05, 3.63) is 64.9 Å². The van der Waals surface area contributed by atoms with Crippen molar-refractivity contribution in [2.24, 2.45) is 0 Å². The van der Waals surface area contributed by atoms with E-state index in [9.17, 15) is 9.18 Å². The molecule has 2 aromatic carbocycles. The van der Waals surface area contributed by atoms with Crippen molar-refractivity contribution < 1.29 is 9.18 Å². The van der Waals surface area contributed by atoms with Crippen LogP contribution in [0.5, 0.6) is 0 Å². The molecule has 3 nitrogen and oxygen atoms in total. The number of rotatable bonds is 6. The second-order valence-corrected chi connectivity index (χ2v) is 6.31. The van der Waals surface area contributed by atoms with E-state index >= 15 is 0 Å². The highest BCUT2D eigenvalue weighted by Crippen LogP contribution is 2.21. The van der Waals surface area contributed by atoms with E-state index < -0.39 is 11.9 Å². The summed E-state index contributed by atoms with van der Waals surface area (Å²) in [5, 5.41) is 12.3. The van der Waals surface area contributed by atoms with Gasteiger partial charge < -0.3 is 5.32 Å². The first-order valence-electron chi connectivity index (χ1n) is 6.92. The van der Waals surface area contributed by atoms with Gasteiger partial charge in [-0.1, -0.05) is 29.8 Å². The molecule has 0 aromatic heterocycles. The summed E-state index contributed by atoms with van der Waals surface area (Å²) < 4.78 is 13.7. The number of carbonyl (C=O) groups is 1. The molecule has 6 heteroatoms. The van der Waals surface area contributed by atoms with E-state index in [2.05, 4.69) is 5.32 Å². The van der Waals surface area contributed by atoms with E-state index in [0.717, 1.165) is 4.90 Å². The number of hydrogen-bond acceptors (Lipinski definition) is 3. The first-order chi connectivity index (χ1) is 11.1. The molecule has 1 amide bonds. The average Bonchev–Trinajstić information content (AvgIpc) is 2.55. The minimum atomic E-state index is -0.982. The molecule has 0 aliphatic rings. The Hall–Kier alpha value is -2.03. The van der Waals surface area contributed by atoms with Gasteiger partial charge in [0.2, 0.25) is 5.91 Å². The van der Waals surface area contributed by atoms with Gasteiger partial charge in [-0.3, -0.25) is 4.79 Å². The first-order valence-corrected chi connectivity index (χ1v) is 8.28. The van der Waals surface area contributed by atoms with Gasteiger partial charge in [0.15, 0.2) is 0 Å². The lowest BCUT2D eigenvalue weighted by atomic mass is 10.1. The molecule has 2 rings (SSSR count). The van der Waals surface area contributed by atoms with Crippen LogP contribution in [0.2, 0.25) is 5.02 Å². The molecular weight excluding hydrogens is 335 g/mol. The van der Waals surface area contributed by atoms with E-state index in [1.165, 1.54) is 30.0 Å². The highest BCUT2D eigenvalue weighted by Gasteiger charge is 2.16. The fraction of sp³-hybridized carbons (Fsp3) is 0.176. The molecule has 0 radical (unpaired) electrons. The van der Waals surface area contributed by atoms with Gasteiger partial charge in [-0.05, 0) is 30.3 Å². The molecular formula is C17H14ClFN2OS. The lowest BCUT2D eigenvalue weighted by molar-refractivity contribution is -0.121. The molecule has 1 atom stereocenters. The number of thioether (sulfide) groups is 1. The van der Waals surface area contributed by atoms with Gasteiger partial charge in [-0.15, -0.1) is 11.8 Å². The van der Waals surface area contributed by atoms with Crippen molar-refractivity contribution in [3.63, 3.8) is 0 Å². The first kappa shape index (κ1) is 17.3. The summed E-state index contributed by atoms with van der Waals surface area (Å²) >= 11 is 7.32.